The molecule has 0 spiro atoms. The van der Waals surface area contributed by atoms with E-state index in [-0.39, 0.29) is 0 Å². The Morgan fingerprint density at radius 2 is 2.10 bits per heavy atom. The van der Waals surface area contributed by atoms with Gasteiger partial charge in [0.25, 0.3) is 0 Å². The van der Waals surface area contributed by atoms with E-state index < -0.39 is 0 Å². The summed E-state index contributed by atoms with van der Waals surface area (Å²) in [6, 6.07) is 2.00. The summed E-state index contributed by atoms with van der Waals surface area (Å²) in [5, 5.41) is 8.99. The minimum absolute atomic E-state index is 0.658. The Labute approximate surface area is 122 Å². The molecule has 0 unspecified atom stereocenters. The van der Waals surface area contributed by atoms with Crippen molar-refractivity contribution in [2.75, 3.05) is 0 Å². The second kappa shape index (κ2) is 4.90. The van der Waals surface area contributed by atoms with Crippen LogP contribution in [0.3, 0.4) is 0 Å². The fraction of sp³-hybridized carbons (Fsp3) is 0.462. The van der Waals surface area contributed by atoms with Crippen LogP contribution in [-0.4, -0.2) is 29.1 Å². The molecule has 0 aliphatic carbocycles. The summed E-state index contributed by atoms with van der Waals surface area (Å²) in [5.74, 6) is 0. The number of aryl methyl sites for hydroxylation is 3. The van der Waals surface area contributed by atoms with Gasteiger partial charge in [-0.05, 0) is 24.7 Å². The van der Waals surface area contributed by atoms with E-state index in [1.54, 1.807) is 4.68 Å². The third-order valence-electron chi connectivity index (χ3n) is 3.40. The molecule has 3 heterocycles. The molecular weight excluding hydrogens is 272 g/mol. The highest BCUT2D eigenvalue weighted by Gasteiger charge is 2.15. The summed E-state index contributed by atoms with van der Waals surface area (Å²) in [5.41, 5.74) is 4.15. The average Bonchev–Trinajstić information content (AvgIpc) is 3.02. The highest BCUT2D eigenvalue weighted by Crippen LogP contribution is 2.19. The molecular formula is C13H18N6S. The lowest BCUT2D eigenvalue weighted by Crippen LogP contribution is -2.05. The number of rotatable bonds is 4. The third kappa shape index (κ3) is 2.07. The standard InChI is InChI=1S/C13H18N6S/c1-4-5-10-11-12(18(3)16-10)19(13(20)14-11)8-9-6-7-17(2)15-9/h6-7H,4-5,8H2,1-3H3,(H,14,20). The third-order valence-corrected chi connectivity index (χ3v) is 3.72. The van der Waals surface area contributed by atoms with Crippen molar-refractivity contribution >= 4 is 23.4 Å². The predicted molar refractivity (Wildman–Crippen MR) is 80.2 cm³/mol. The molecule has 0 aliphatic heterocycles. The van der Waals surface area contributed by atoms with Crippen molar-refractivity contribution in [3.05, 3.63) is 28.4 Å². The first-order valence-electron chi connectivity index (χ1n) is 6.73. The predicted octanol–water partition coefficient (Wildman–Crippen LogP) is 2.17. The molecule has 0 saturated carbocycles. The topological polar surface area (TPSA) is 56.4 Å². The van der Waals surface area contributed by atoms with Crippen molar-refractivity contribution in [3.63, 3.8) is 0 Å². The van der Waals surface area contributed by atoms with E-state index >= 15 is 0 Å². The van der Waals surface area contributed by atoms with Crippen LogP contribution in [0.25, 0.3) is 11.2 Å². The quantitative estimate of drug-likeness (QED) is 0.749. The molecule has 0 atom stereocenters. The highest BCUT2D eigenvalue weighted by atomic mass is 32.1. The van der Waals surface area contributed by atoms with Gasteiger partial charge in [-0.25, -0.2) is 0 Å². The van der Waals surface area contributed by atoms with Crippen LogP contribution < -0.4 is 0 Å². The van der Waals surface area contributed by atoms with Crippen LogP contribution in [0.2, 0.25) is 0 Å². The zero-order valence-electron chi connectivity index (χ0n) is 11.9. The molecule has 0 aliphatic rings. The molecule has 3 aromatic heterocycles. The van der Waals surface area contributed by atoms with E-state index in [1.807, 2.05) is 31.0 Å². The molecule has 3 rings (SSSR count). The SMILES string of the molecule is CCCc1nn(C)c2c1[nH]c(=S)n2Cc1ccn(C)n1. The Morgan fingerprint density at radius 3 is 2.75 bits per heavy atom. The smallest absolute Gasteiger partial charge is 0.179 e. The van der Waals surface area contributed by atoms with E-state index in [9.17, 15) is 0 Å². The number of aromatic nitrogens is 6. The van der Waals surface area contributed by atoms with Gasteiger partial charge >= 0.3 is 0 Å². The first-order chi connectivity index (χ1) is 9.60. The number of imidazole rings is 1. The molecule has 6 nitrogen and oxygen atoms in total. The van der Waals surface area contributed by atoms with Crippen molar-refractivity contribution in [3.8, 4) is 0 Å². The summed E-state index contributed by atoms with van der Waals surface area (Å²) in [7, 11) is 3.87. The van der Waals surface area contributed by atoms with Crippen molar-refractivity contribution in [1.82, 2.24) is 29.1 Å². The van der Waals surface area contributed by atoms with Gasteiger partial charge in [0, 0.05) is 20.3 Å². The molecule has 3 aromatic rings. The second-order valence-corrected chi connectivity index (χ2v) is 5.40. The molecule has 1 N–H and O–H groups in total. The van der Waals surface area contributed by atoms with E-state index in [0.29, 0.717) is 6.54 Å². The molecule has 0 radical (unpaired) electrons. The molecule has 0 saturated heterocycles. The van der Waals surface area contributed by atoms with Crippen LogP contribution in [0.1, 0.15) is 24.7 Å². The number of aromatic amines is 1. The van der Waals surface area contributed by atoms with Crippen molar-refractivity contribution in [2.45, 2.75) is 26.3 Å². The lowest BCUT2D eigenvalue weighted by Gasteiger charge is -2.02. The van der Waals surface area contributed by atoms with Gasteiger partial charge in [0.1, 0.15) is 5.52 Å². The van der Waals surface area contributed by atoms with Gasteiger partial charge in [0.05, 0.1) is 17.9 Å². The number of hydrogen-bond acceptors (Lipinski definition) is 3. The summed E-state index contributed by atoms with van der Waals surface area (Å²) < 4.78 is 6.47. The molecule has 0 aromatic carbocycles. The van der Waals surface area contributed by atoms with Gasteiger partial charge in [-0.15, -0.1) is 0 Å². The number of H-pyrrole nitrogens is 1. The number of fused-ring (bicyclic) bond motifs is 1. The fourth-order valence-corrected chi connectivity index (χ4v) is 2.80. The molecule has 0 amide bonds. The second-order valence-electron chi connectivity index (χ2n) is 5.02. The van der Waals surface area contributed by atoms with Crippen LogP contribution in [-0.2, 0) is 27.1 Å². The Balaban J connectivity index is 2.10. The van der Waals surface area contributed by atoms with Crippen molar-refractivity contribution < 1.29 is 0 Å². The average molecular weight is 290 g/mol. The van der Waals surface area contributed by atoms with Gasteiger partial charge in [-0.3, -0.25) is 13.9 Å². The minimum atomic E-state index is 0.658. The molecule has 106 valence electrons. The van der Waals surface area contributed by atoms with Crippen LogP contribution in [0.15, 0.2) is 12.3 Å². The Kier molecular flexibility index (Phi) is 3.21. The van der Waals surface area contributed by atoms with Gasteiger partial charge in [-0.2, -0.15) is 10.2 Å². The van der Waals surface area contributed by atoms with Gasteiger partial charge < -0.3 is 4.98 Å². The van der Waals surface area contributed by atoms with Gasteiger partial charge in [0.2, 0.25) is 0 Å². The van der Waals surface area contributed by atoms with Crippen LogP contribution in [0, 0.1) is 4.77 Å². The Bertz CT molecular complexity index is 803. The maximum atomic E-state index is 5.45. The maximum Gasteiger partial charge on any atom is 0.179 e. The Morgan fingerprint density at radius 1 is 1.30 bits per heavy atom. The zero-order valence-corrected chi connectivity index (χ0v) is 12.7. The summed E-state index contributed by atoms with van der Waals surface area (Å²) in [6.45, 7) is 2.81. The fourth-order valence-electron chi connectivity index (χ4n) is 2.55. The van der Waals surface area contributed by atoms with E-state index in [2.05, 4.69) is 26.7 Å². The largest absolute Gasteiger partial charge is 0.328 e. The zero-order chi connectivity index (χ0) is 14.3. The summed E-state index contributed by atoms with van der Waals surface area (Å²) in [4.78, 5) is 3.29. The lowest BCUT2D eigenvalue weighted by atomic mass is 10.2. The van der Waals surface area contributed by atoms with Crippen LogP contribution in [0.4, 0.5) is 0 Å². The van der Waals surface area contributed by atoms with E-state index in [1.165, 1.54) is 0 Å². The number of nitrogens with zero attached hydrogens (tertiary/aromatic N) is 5. The summed E-state index contributed by atoms with van der Waals surface area (Å²) in [6.07, 6.45) is 3.96. The van der Waals surface area contributed by atoms with Gasteiger partial charge in [0.15, 0.2) is 10.4 Å². The molecule has 20 heavy (non-hydrogen) atoms. The molecule has 0 bridgehead atoms. The number of nitrogens with one attached hydrogen (secondary N) is 1. The van der Waals surface area contributed by atoms with Gasteiger partial charge in [-0.1, -0.05) is 13.3 Å². The molecule has 7 heteroatoms. The molecule has 0 fully saturated rings. The minimum Gasteiger partial charge on any atom is -0.328 e. The van der Waals surface area contributed by atoms with E-state index in [0.717, 1.165) is 40.2 Å². The van der Waals surface area contributed by atoms with Crippen LogP contribution in [0.5, 0.6) is 0 Å². The van der Waals surface area contributed by atoms with E-state index in [4.69, 9.17) is 12.2 Å². The Hall–Kier alpha value is -1.89. The maximum absolute atomic E-state index is 5.45. The van der Waals surface area contributed by atoms with Crippen molar-refractivity contribution in [1.29, 1.82) is 0 Å². The lowest BCUT2D eigenvalue weighted by molar-refractivity contribution is 0.679. The number of hydrogen-bond donors (Lipinski definition) is 1. The van der Waals surface area contributed by atoms with Crippen LogP contribution >= 0.6 is 12.2 Å². The monoisotopic (exact) mass is 290 g/mol. The highest BCUT2D eigenvalue weighted by molar-refractivity contribution is 7.71. The summed E-state index contributed by atoms with van der Waals surface area (Å²) >= 11 is 5.45. The first kappa shape index (κ1) is 13.1. The normalized spacial score (nSPS) is 11.6. The van der Waals surface area contributed by atoms with Crippen molar-refractivity contribution in [2.24, 2.45) is 14.1 Å². The first-order valence-corrected chi connectivity index (χ1v) is 7.14.